The van der Waals surface area contributed by atoms with Gasteiger partial charge in [0.05, 0.1) is 18.5 Å². The van der Waals surface area contributed by atoms with Gasteiger partial charge < -0.3 is 9.64 Å². The average Bonchev–Trinajstić information content (AvgIpc) is 2.97. The molecule has 1 spiro atoms. The third kappa shape index (κ3) is 2.70. The Balaban J connectivity index is 1.60. The lowest BCUT2D eigenvalue weighted by Crippen LogP contribution is -2.45. The molecule has 1 amide bonds. The van der Waals surface area contributed by atoms with Crippen molar-refractivity contribution in [3.05, 3.63) is 64.2 Å². The third-order valence-electron chi connectivity index (χ3n) is 5.49. The molecule has 2 aromatic rings. The highest BCUT2D eigenvalue weighted by molar-refractivity contribution is 6.01. The van der Waals surface area contributed by atoms with E-state index >= 15 is 0 Å². The maximum absolute atomic E-state index is 13.1. The number of amides is 1. The molecule has 0 saturated carbocycles. The zero-order chi connectivity index (χ0) is 18.5. The molecule has 0 bridgehead atoms. The molecule has 0 N–H and O–H groups in total. The van der Waals surface area contributed by atoms with Crippen LogP contribution in [0, 0.1) is 20.8 Å². The highest BCUT2D eigenvalue weighted by Crippen LogP contribution is 2.39. The van der Waals surface area contributed by atoms with Gasteiger partial charge in [0.2, 0.25) is 0 Å². The number of likely N-dealkylation sites (tertiary alicyclic amines) is 1. The summed E-state index contributed by atoms with van der Waals surface area (Å²) in [5, 5.41) is 0. The number of para-hydroxylation sites is 1. The quantitative estimate of drug-likeness (QED) is 0.785. The Kier molecular flexibility index (Phi) is 3.87. The van der Waals surface area contributed by atoms with E-state index in [-0.39, 0.29) is 11.7 Å². The molecule has 134 valence electrons. The van der Waals surface area contributed by atoms with Crippen LogP contribution in [0.25, 0.3) is 0 Å². The summed E-state index contributed by atoms with van der Waals surface area (Å²) in [7, 11) is 0. The van der Waals surface area contributed by atoms with Crippen molar-refractivity contribution in [2.24, 2.45) is 0 Å². The topological polar surface area (TPSA) is 46.6 Å². The molecule has 4 rings (SSSR count). The number of carbonyl (C=O) groups is 2. The smallest absolute Gasteiger partial charge is 0.254 e. The second-order valence-electron chi connectivity index (χ2n) is 7.63. The zero-order valence-corrected chi connectivity index (χ0v) is 15.5. The van der Waals surface area contributed by atoms with Crippen molar-refractivity contribution in [1.29, 1.82) is 0 Å². The number of aryl methyl sites for hydroxylation is 3. The lowest BCUT2D eigenvalue weighted by molar-refractivity contribution is 0.0428. The van der Waals surface area contributed by atoms with Crippen molar-refractivity contribution >= 4 is 11.7 Å². The van der Waals surface area contributed by atoms with Crippen LogP contribution in [0.15, 0.2) is 36.4 Å². The van der Waals surface area contributed by atoms with Crippen LogP contribution in [0.2, 0.25) is 0 Å². The van der Waals surface area contributed by atoms with E-state index in [4.69, 9.17) is 4.74 Å². The first-order valence-electron chi connectivity index (χ1n) is 9.07. The Morgan fingerprint density at radius 2 is 1.81 bits per heavy atom. The van der Waals surface area contributed by atoms with E-state index < -0.39 is 5.60 Å². The molecule has 0 aliphatic carbocycles. The van der Waals surface area contributed by atoms with E-state index in [1.165, 1.54) is 0 Å². The molecule has 2 heterocycles. The summed E-state index contributed by atoms with van der Waals surface area (Å²) in [6.45, 7) is 7.07. The third-order valence-corrected chi connectivity index (χ3v) is 5.49. The van der Waals surface area contributed by atoms with Gasteiger partial charge >= 0.3 is 0 Å². The van der Waals surface area contributed by atoms with E-state index in [0.29, 0.717) is 37.2 Å². The predicted octanol–water partition coefficient (Wildman–Crippen LogP) is 3.86. The van der Waals surface area contributed by atoms with Gasteiger partial charge in [-0.3, -0.25) is 9.59 Å². The van der Waals surface area contributed by atoms with Gasteiger partial charge in [-0.1, -0.05) is 29.8 Å². The molecule has 2 aromatic carbocycles. The van der Waals surface area contributed by atoms with Gasteiger partial charge in [0.15, 0.2) is 5.78 Å². The Labute approximate surface area is 153 Å². The Morgan fingerprint density at radius 3 is 2.54 bits per heavy atom. The molecule has 1 saturated heterocycles. The molecule has 1 unspecified atom stereocenters. The van der Waals surface area contributed by atoms with Crippen molar-refractivity contribution in [2.45, 2.75) is 39.2 Å². The second kappa shape index (κ2) is 5.97. The summed E-state index contributed by atoms with van der Waals surface area (Å²) in [6.07, 6.45) is 1.02. The highest BCUT2D eigenvalue weighted by Gasteiger charge is 2.47. The maximum Gasteiger partial charge on any atom is 0.254 e. The van der Waals surface area contributed by atoms with Crippen molar-refractivity contribution in [1.82, 2.24) is 4.90 Å². The van der Waals surface area contributed by atoms with Crippen LogP contribution in [-0.4, -0.2) is 35.3 Å². The number of ether oxygens (including phenoxy) is 1. The van der Waals surface area contributed by atoms with Crippen LogP contribution >= 0.6 is 0 Å². The maximum atomic E-state index is 13.1. The Bertz CT molecular complexity index is 894. The normalized spacial score (nSPS) is 21.7. The number of Topliss-reactive ketones (excluding diaryl/α,β-unsaturated/α-hetero) is 1. The monoisotopic (exact) mass is 349 g/mol. The fourth-order valence-electron chi connectivity index (χ4n) is 4.36. The summed E-state index contributed by atoms with van der Waals surface area (Å²) >= 11 is 0. The minimum absolute atomic E-state index is 0.0341. The number of rotatable bonds is 1. The number of carbonyl (C=O) groups excluding carboxylic acids is 2. The van der Waals surface area contributed by atoms with Crippen LogP contribution < -0.4 is 4.74 Å². The minimum Gasteiger partial charge on any atom is -0.484 e. The molecule has 1 fully saturated rings. The van der Waals surface area contributed by atoms with Gasteiger partial charge in [0.1, 0.15) is 11.4 Å². The highest BCUT2D eigenvalue weighted by atomic mass is 16.5. The SMILES string of the molecule is Cc1cc(C)c(C(=O)N2CCC3(CC(=O)c4ccccc4O3)C2)c(C)c1. The van der Waals surface area contributed by atoms with Gasteiger partial charge in [-0.25, -0.2) is 0 Å². The van der Waals surface area contributed by atoms with Crippen LogP contribution in [0.3, 0.4) is 0 Å². The number of hydrogen-bond acceptors (Lipinski definition) is 3. The van der Waals surface area contributed by atoms with Crippen LogP contribution in [-0.2, 0) is 0 Å². The lowest BCUT2D eigenvalue weighted by Gasteiger charge is -2.34. The van der Waals surface area contributed by atoms with E-state index in [9.17, 15) is 9.59 Å². The van der Waals surface area contributed by atoms with Gasteiger partial charge in [0, 0.05) is 18.5 Å². The van der Waals surface area contributed by atoms with E-state index in [2.05, 4.69) is 0 Å². The van der Waals surface area contributed by atoms with Crippen LogP contribution in [0.1, 0.15) is 50.2 Å². The van der Waals surface area contributed by atoms with Crippen molar-refractivity contribution in [3.8, 4) is 5.75 Å². The second-order valence-corrected chi connectivity index (χ2v) is 7.63. The van der Waals surface area contributed by atoms with Crippen molar-refractivity contribution in [2.75, 3.05) is 13.1 Å². The number of nitrogens with zero attached hydrogens (tertiary/aromatic N) is 1. The van der Waals surface area contributed by atoms with E-state index in [1.807, 2.05) is 56.0 Å². The number of hydrogen-bond donors (Lipinski definition) is 0. The number of fused-ring (bicyclic) bond motifs is 1. The fraction of sp³-hybridized carbons (Fsp3) is 0.364. The first-order valence-corrected chi connectivity index (χ1v) is 9.07. The van der Waals surface area contributed by atoms with Gasteiger partial charge in [-0.2, -0.15) is 0 Å². The van der Waals surface area contributed by atoms with Crippen molar-refractivity contribution < 1.29 is 14.3 Å². The summed E-state index contributed by atoms with van der Waals surface area (Å²) in [5.74, 6) is 0.774. The number of benzene rings is 2. The molecule has 26 heavy (non-hydrogen) atoms. The molecule has 2 aliphatic heterocycles. The Morgan fingerprint density at radius 1 is 1.12 bits per heavy atom. The minimum atomic E-state index is -0.590. The Hall–Kier alpha value is -2.62. The van der Waals surface area contributed by atoms with Crippen LogP contribution in [0.4, 0.5) is 0 Å². The predicted molar refractivity (Wildman–Crippen MR) is 99.9 cm³/mol. The molecule has 1 atom stereocenters. The zero-order valence-electron chi connectivity index (χ0n) is 15.5. The number of ketones is 1. The molecule has 2 aliphatic rings. The molecule has 0 aromatic heterocycles. The van der Waals surface area contributed by atoms with Gasteiger partial charge in [-0.15, -0.1) is 0 Å². The first kappa shape index (κ1) is 16.8. The fourth-order valence-corrected chi connectivity index (χ4v) is 4.36. The molecular formula is C22H23NO3. The van der Waals surface area contributed by atoms with Gasteiger partial charge in [0.25, 0.3) is 5.91 Å². The summed E-state index contributed by atoms with van der Waals surface area (Å²) in [4.78, 5) is 27.5. The van der Waals surface area contributed by atoms with E-state index in [0.717, 1.165) is 22.3 Å². The van der Waals surface area contributed by atoms with Crippen LogP contribution in [0.5, 0.6) is 5.75 Å². The summed E-state index contributed by atoms with van der Waals surface area (Å²) in [5.41, 5.74) is 3.99. The first-order chi connectivity index (χ1) is 12.4. The van der Waals surface area contributed by atoms with E-state index in [1.54, 1.807) is 6.07 Å². The van der Waals surface area contributed by atoms with Crippen molar-refractivity contribution in [3.63, 3.8) is 0 Å². The molecule has 0 radical (unpaired) electrons. The summed E-state index contributed by atoms with van der Waals surface area (Å²) < 4.78 is 6.23. The molecule has 4 heteroatoms. The molecule has 4 nitrogen and oxygen atoms in total. The largest absolute Gasteiger partial charge is 0.484 e. The summed E-state index contributed by atoms with van der Waals surface area (Å²) in [6, 6.07) is 11.5. The lowest BCUT2D eigenvalue weighted by atomic mass is 9.89. The molecular weight excluding hydrogens is 326 g/mol. The van der Waals surface area contributed by atoms with Gasteiger partial charge in [-0.05, 0) is 44.0 Å². The standard InChI is InChI=1S/C22H23NO3/c1-14-10-15(2)20(16(3)11-14)21(25)23-9-8-22(13-23)12-18(24)17-6-4-5-7-19(17)26-22/h4-7,10-11H,8-9,12-13H2,1-3H3. The average molecular weight is 349 g/mol.